The van der Waals surface area contributed by atoms with Gasteiger partial charge in [0.1, 0.15) is 6.54 Å². The molecule has 0 aromatic carbocycles. The highest BCUT2D eigenvalue weighted by molar-refractivity contribution is 6.35. The Balaban J connectivity index is 2.52. The van der Waals surface area contributed by atoms with Gasteiger partial charge in [0, 0.05) is 12.4 Å². The first-order valence-corrected chi connectivity index (χ1v) is 5.00. The molecule has 88 valence electrons. The number of aromatic nitrogens is 1. The second-order valence-electron chi connectivity index (χ2n) is 3.32. The van der Waals surface area contributed by atoms with Gasteiger partial charge in [0.05, 0.1) is 12.1 Å². The van der Waals surface area contributed by atoms with E-state index in [-0.39, 0.29) is 12.6 Å². The van der Waals surface area contributed by atoms with Crippen LogP contribution in [0.1, 0.15) is 18.5 Å². The van der Waals surface area contributed by atoms with Gasteiger partial charge in [-0.15, -0.1) is 0 Å². The van der Waals surface area contributed by atoms with Crippen LogP contribution in [0.15, 0.2) is 24.5 Å². The smallest absolute Gasteiger partial charge is 0.310 e. The number of nitriles is 1. The van der Waals surface area contributed by atoms with E-state index in [9.17, 15) is 9.59 Å². The normalized spacial score (nSPS) is 11.1. The van der Waals surface area contributed by atoms with Crippen LogP contribution in [-0.4, -0.2) is 23.3 Å². The van der Waals surface area contributed by atoms with E-state index in [1.165, 1.54) is 0 Å². The predicted molar refractivity (Wildman–Crippen MR) is 59.4 cm³/mol. The van der Waals surface area contributed by atoms with Gasteiger partial charge in [-0.2, -0.15) is 5.26 Å². The lowest BCUT2D eigenvalue weighted by atomic mass is 10.1. The Kier molecular flexibility index (Phi) is 4.63. The van der Waals surface area contributed by atoms with Crippen molar-refractivity contribution in [2.24, 2.45) is 0 Å². The minimum atomic E-state index is -0.817. The maximum atomic E-state index is 11.4. The average Bonchev–Trinajstić information content (AvgIpc) is 2.36. The summed E-state index contributed by atoms with van der Waals surface area (Å²) in [7, 11) is 0. The minimum absolute atomic E-state index is 0.187. The fourth-order valence-electron chi connectivity index (χ4n) is 1.18. The summed E-state index contributed by atoms with van der Waals surface area (Å²) in [6.07, 6.45) is 3.23. The second kappa shape index (κ2) is 6.23. The Morgan fingerprint density at radius 1 is 1.53 bits per heavy atom. The highest BCUT2D eigenvalue weighted by Gasteiger charge is 2.16. The highest BCUT2D eigenvalue weighted by Crippen LogP contribution is 2.08. The zero-order valence-electron chi connectivity index (χ0n) is 9.30. The van der Waals surface area contributed by atoms with Crippen LogP contribution in [0.4, 0.5) is 0 Å². The summed E-state index contributed by atoms with van der Waals surface area (Å²) in [6, 6.07) is 4.94. The molecule has 6 nitrogen and oxygen atoms in total. The molecule has 1 rings (SSSR count). The number of pyridine rings is 1. The van der Waals surface area contributed by atoms with Crippen molar-refractivity contribution in [1.29, 1.82) is 5.26 Å². The highest BCUT2D eigenvalue weighted by atomic mass is 16.2. The number of nitrogens with one attached hydrogen (secondary N) is 2. The van der Waals surface area contributed by atoms with Crippen LogP contribution in [0.25, 0.3) is 0 Å². The predicted octanol–water partition coefficient (Wildman–Crippen LogP) is -0.101. The molecule has 1 unspecified atom stereocenters. The lowest BCUT2D eigenvalue weighted by Gasteiger charge is -2.12. The van der Waals surface area contributed by atoms with Gasteiger partial charge < -0.3 is 10.6 Å². The van der Waals surface area contributed by atoms with Gasteiger partial charge in [-0.1, -0.05) is 6.07 Å². The molecule has 2 amide bonds. The Labute approximate surface area is 98.7 Å². The molecule has 0 fully saturated rings. The van der Waals surface area contributed by atoms with Gasteiger partial charge in [-0.25, -0.2) is 0 Å². The Morgan fingerprint density at radius 3 is 2.88 bits per heavy atom. The molecule has 1 aromatic heterocycles. The molecule has 17 heavy (non-hydrogen) atoms. The van der Waals surface area contributed by atoms with E-state index in [1.54, 1.807) is 37.5 Å². The average molecular weight is 232 g/mol. The number of hydrogen-bond donors (Lipinski definition) is 2. The third-order valence-electron chi connectivity index (χ3n) is 2.07. The Morgan fingerprint density at radius 2 is 2.29 bits per heavy atom. The van der Waals surface area contributed by atoms with E-state index in [2.05, 4.69) is 15.6 Å². The molecule has 0 aliphatic carbocycles. The van der Waals surface area contributed by atoms with E-state index >= 15 is 0 Å². The number of rotatable bonds is 3. The van der Waals surface area contributed by atoms with Crippen LogP contribution in [-0.2, 0) is 9.59 Å². The van der Waals surface area contributed by atoms with Crippen molar-refractivity contribution in [3.8, 4) is 6.07 Å². The summed E-state index contributed by atoms with van der Waals surface area (Å²) in [5, 5.41) is 12.9. The zero-order valence-corrected chi connectivity index (χ0v) is 9.30. The monoisotopic (exact) mass is 232 g/mol. The van der Waals surface area contributed by atoms with Crippen molar-refractivity contribution in [1.82, 2.24) is 15.6 Å². The summed E-state index contributed by atoms with van der Waals surface area (Å²) in [4.78, 5) is 26.5. The molecule has 0 saturated heterocycles. The lowest BCUT2D eigenvalue weighted by Crippen LogP contribution is -2.41. The van der Waals surface area contributed by atoms with Crippen LogP contribution >= 0.6 is 0 Å². The maximum absolute atomic E-state index is 11.4. The van der Waals surface area contributed by atoms with E-state index < -0.39 is 11.8 Å². The van der Waals surface area contributed by atoms with Crippen molar-refractivity contribution in [2.45, 2.75) is 13.0 Å². The zero-order chi connectivity index (χ0) is 12.7. The third-order valence-corrected chi connectivity index (χ3v) is 2.07. The molecule has 6 heteroatoms. The van der Waals surface area contributed by atoms with E-state index in [0.29, 0.717) is 0 Å². The van der Waals surface area contributed by atoms with Gasteiger partial charge >= 0.3 is 11.8 Å². The number of nitrogens with zero attached hydrogens (tertiary/aromatic N) is 2. The fraction of sp³-hybridized carbons (Fsp3) is 0.273. The molecule has 2 N–H and O–H groups in total. The third kappa shape index (κ3) is 3.91. The second-order valence-corrected chi connectivity index (χ2v) is 3.32. The van der Waals surface area contributed by atoms with Gasteiger partial charge in [0.15, 0.2) is 0 Å². The molecule has 1 atom stereocenters. The van der Waals surface area contributed by atoms with Gasteiger partial charge in [0.25, 0.3) is 0 Å². The minimum Gasteiger partial charge on any atom is -0.341 e. The molecule has 0 saturated carbocycles. The van der Waals surface area contributed by atoms with Gasteiger partial charge in [-0.05, 0) is 18.6 Å². The van der Waals surface area contributed by atoms with E-state index in [4.69, 9.17) is 5.26 Å². The van der Waals surface area contributed by atoms with Crippen molar-refractivity contribution < 1.29 is 9.59 Å². The first kappa shape index (κ1) is 12.6. The van der Waals surface area contributed by atoms with E-state index in [1.807, 2.05) is 0 Å². The molecule has 1 aromatic rings. The number of carbonyl (C=O) groups excluding carboxylic acids is 2. The van der Waals surface area contributed by atoms with Crippen molar-refractivity contribution in [3.05, 3.63) is 30.1 Å². The lowest BCUT2D eigenvalue weighted by molar-refractivity contribution is -0.139. The summed E-state index contributed by atoms with van der Waals surface area (Å²) in [5.41, 5.74) is 0.800. The van der Waals surface area contributed by atoms with Crippen molar-refractivity contribution in [3.63, 3.8) is 0 Å². The molecular formula is C11H12N4O2. The van der Waals surface area contributed by atoms with E-state index in [0.717, 1.165) is 5.56 Å². The standard InChI is InChI=1S/C11H12N4O2/c1-8(9-3-2-5-13-7-9)15-11(17)10(16)14-6-4-12/h2-3,5,7-8H,6H2,1H3,(H,14,16)(H,15,17). The molecule has 0 spiro atoms. The largest absolute Gasteiger partial charge is 0.341 e. The first-order valence-electron chi connectivity index (χ1n) is 5.00. The maximum Gasteiger partial charge on any atom is 0.310 e. The van der Waals surface area contributed by atoms with Gasteiger partial charge in [-0.3, -0.25) is 14.6 Å². The van der Waals surface area contributed by atoms with Crippen LogP contribution in [0.2, 0.25) is 0 Å². The SMILES string of the molecule is CC(NC(=O)C(=O)NCC#N)c1cccnc1. The van der Waals surface area contributed by atoms with Crippen LogP contribution < -0.4 is 10.6 Å². The number of carbonyl (C=O) groups is 2. The number of amides is 2. The molecule has 0 radical (unpaired) electrons. The molecule has 0 aliphatic heterocycles. The van der Waals surface area contributed by atoms with Gasteiger partial charge in [0.2, 0.25) is 0 Å². The summed E-state index contributed by atoms with van der Waals surface area (Å²) in [5.74, 6) is -1.58. The number of hydrogen-bond acceptors (Lipinski definition) is 4. The summed E-state index contributed by atoms with van der Waals surface area (Å²) < 4.78 is 0. The summed E-state index contributed by atoms with van der Waals surface area (Å²) in [6.45, 7) is 1.56. The van der Waals surface area contributed by atoms with Crippen LogP contribution in [0.3, 0.4) is 0 Å². The molecule has 0 aliphatic rings. The van der Waals surface area contributed by atoms with Crippen molar-refractivity contribution in [2.75, 3.05) is 6.54 Å². The summed E-state index contributed by atoms with van der Waals surface area (Å²) >= 11 is 0. The Hall–Kier alpha value is -2.42. The topological polar surface area (TPSA) is 94.9 Å². The fourth-order valence-corrected chi connectivity index (χ4v) is 1.18. The molecular weight excluding hydrogens is 220 g/mol. The Bertz CT molecular complexity index is 439. The first-order chi connectivity index (χ1) is 8.15. The molecule has 0 bridgehead atoms. The van der Waals surface area contributed by atoms with Crippen LogP contribution in [0.5, 0.6) is 0 Å². The van der Waals surface area contributed by atoms with Crippen LogP contribution in [0, 0.1) is 11.3 Å². The quantitative estimate of drug-likeness (QED) is 0.562. The molecule has 1 heterocycles. The van der Waals surface area contributed by atoms with Crippen molar-refractivity contribution >= 4 is 11.8 Å².